The summed E-state index contributed by atoms with van der Waals surface area (Å²) in [6, 6.07) is 17.8. The highest BCUT2D eigenvalue weighted by Gasteiger charge is 2.13. The van der Waals surface area contributed by atoms with Gasteiger partial charge in [-0.15, -0.1) is 0 Å². The maximum Gasteiger partial charge on any atom is 0.0397 e. The number of hydrogen-bond donors (Lipinski definition) is 1. The summed E-state index contributed by atoms with van der Waals surface area (Å²) in [4.78, 5) is 0. The van der Waals surface area contributed by atoms with Gasteiger partial charge in [-0.25, -0.2) is 0 Å². The fourth-order valence-corrected chi connectivity index (χ4v) is 4.61. The minimum atomic E-state index is 0.926. The molecule has 0 unspecified atom stereocenters. The molecule has 4 aromatic carbocycles. The van der Waals surface area contributed by atoms with E-state index in [1.54, 1.807) is 0 Å². The van der Waals surface area contributed by atoms with Gasteiger partial charge in [0, 0.05) is 11.1 Å². The van der Waals surface area contributed by atoms with E-state index >= 15 is 0 Å². The van der Waals surface area contributed by atoms with Gasteiger partial charge in [0.25, 0.3) is 0 Å². The number of anilines is 1. The lowest BCUT2D eigenvalue weighted by Crippen LogP contribution is -1.96. The third-order valence-corrected chi connectivity index (χ3v) is 6.04. The van der Waals surface area contributed by atoms with E-state index in [2.05, 4.69) is 55.5 Å². The normalized spacial score (nSPS) is 11.9. The third kappa shape index (κ3) is 3.60. The Kier molecular flexibility index (Phi) is 5.48. The SMILES string of the molecule is CCCCCCCCCCc1cc2cccc3ccc4ccc(N)c1c4c32. The fraction of sp³-hybridized carbons (Fsp3) is 0.385. The molecule has 0 fully saturated rings. The van der Waals surface area contributed by atoms with E-state index in [0.717, 1.165) is 12.1 Å². The van der Waals surface area contributed by atoms with E-state index in [9.17, 15) is 0 Å². The molecule has 1 heteroatoms. The van der Waals surface area contributed by atoms with Crippen LogP contribution in [0.4, 0.5) is 5.69 Å². The summed E-state index contributed by atoms with van der Waals surface area (Å²) in [5.74, 6) is 0. The molecule has 2 N–H and O–H groups in total. The van der Waals surface area contributed by atoms with Gasteiger partial charge < -0.3 is 5.73 Å². The van der Waals surface area contributed by atoms with Crippen LogP contribution in [0.5, 0.6) is 0 Å². The Bertz CT molecular complexity index is 1030. The zero-order valence-corrected chi connectivity index (χ0v) is 16.6. The fourth-order valence-electron chi connectivity index (χ4n) is 4.61. The van der Waals surface area contributed by atoms with Crippen LogP contribution in [0.15, 0.2) is 48.5 Å². The molecule has 0 heterocycles. The second-order valence-corrected chi connectivity index (χ2v) is 8.03. The quantitative estimate of drug-likeness (QED) is 0.184. The average molecular weight is 358 g/mol. The van der Waals surface area contributed by atoms with Crippen LogP contribution in [-0.2, 0) is 6.42 Å². The van der Waals surface area contributed by atoms with Crippen molar-refractivity contribution < 1.29 is 0 Å². The molecule has 1 nitrogen and oxygen atoms in total. The first-order chi connectivity index (χ1) is 13.3. The van der Waals surface area contributed by atoms with Gasteiger partial charge >= 0.3 is 0 Å². The van der Waals surface area contributed by atoms with Crippen molar-refractivity contribution in [1.29, 1.82) is 0 Å². The lowest BCUT2D eigenvalue weighted by Gasteiger charge is -2.16. The standard InChI is InChI=1S/C26H31N/c1-2-3-4-5-6-7-8-9-11-22-18-21-13-10-12-19-14-15-20-16-17-23(27)25(22)26(20)24(19)21/h10,12-18H,2-9,11,27H2,1H3. The summed E-state index contributed by atoms with van der Waals surface area (Å²) in [5, 5.41) is 8.00. The van der Waals surface area contributed by atoms with Gasteiger partial charge in [-0.3, -0.25) is 0 Å². The molecule has 4 aromatic rings. The van der Waals surface area contributed by atoms with Crippen LogP contribution in [0.1, 0.15) is 63.9 Å². The van der Waals surface area contributed by atoms with Crippen LogP contribution in [0.2, 0.25) is 0 Å². The van der Waals surface area contributed by atoms with E-state index in [1.165, 1.54) is 89.2 Å². The van der Waals surface area contributed by atoms with Crippen molar-refractivity contribution in [3.8, 4) is 0 Å². The zero-order chi connectivity index (χ0) is 18.6. The number of rotatable bonds is 9. The Labute approximate surface area is 162 Å². The van der Waals surface area contributed by atoms with Crippen LogP contribution < -0.4 is 5.73 Å². The van der Waals surface area contributed by atoms with E-state index < -0.39 is 0 Å². The molecule has 0 bridgehead atoms. The maximum atomic E-state index is 6.47. The van der Waals surface area contributed by atoms with Crippen molar-refractivity contribution in [3.05, 3.63) is 54.1 Å². The molecule has 0 saturated heterocycles. The van der Waals surface area contributed by atoms with Crippen LogP contribution in [0, 0.1) is 0 Å². The lowest BCUT2D eigenvalue weighted by atomic mass is 9.89. The van der Waals surface area contributed by atoms with Crippen LogP contribution in [0.25, 0.3) is 32.3 Å². The Morgan fingerprint density at radius 2 is 1.26 bits per heavy atom. The topological polar surface area (TPSA) is 26.0 Å². The van der Waals surface area contributed by atoms with Gasteiger partial charge in [-0.2, -0.15) is 0 Å². The van der Waals surface area contributed by atoms with E-state index in [1.807, 2.05) is 0 Å². The number of nitrogens with two attached hydrogens (primary N) is 1. The summed E-state index contributed by atoms with van der Waals surface area (Å²) < 4.78 is 0. The summed E-state index contributed by atoms with van der Waals surface area (Å²) in [5.41, 5.74) is 8.82. The van der Waals surface area contributed by atoms with Crippen LogP contribution in [0.3, 0.4) is 0 Å². The minimum Gasteiger partial charge on any atom is -0.398 e. The molecule has 140 valence electrons. The molecular formula is C26H31N. The first kappa shape index (κ1) is 18.1. The first-order valence-electron chi connectivity index (χ1n) is 10.7. The second-order valence-electron chi connectivity index (χ2n) is 8.03. The molecule has 0 aliphatic carbocycles. The van der Waals surface area contributed by atoms with Gasteiger partial charge in [0.05, 0.1) is 0 Å². The molecule has 0 spiro atoms. The predicted molar refractivity (Wildman–Crippen MR) is 121 cm³/mol. The number of unbranched alkanes of at least 4 members (excludes halogenated alkanes) is 7. The van der Waals surface area contributed by atoms with Crippen LogP contribution in [-0.4, -0.2) is 0 Å². The van der Waals surface area contributed by atoms with Crippen molar-refractivity contribution in [3.63, 3.8) is 0 Å². The van der Waals surface area contributed by atoms with Crippen molar-refractivity contribution in [2.75, 3.05) is 5.73 Å². The molecule has 0 aromatic heterocycles. The van der Waals surface area contributed by atoms with E-state index in [4.69, 9.17) is 5.73 Å². The van der Waals surface area contributed by atoms with Crippen molar-refractivity contribution in [1.82, 2.24) is 0 Å². The summed E-state index contributed by atoms with van der Waals surface area (Å²) >= 11 is 0. The first-order valence-corrected chi connectivity index (χ1v) is 10.7. The van der Waals surface area contributed by atoms with E-state index in [-0.39, 0.29) is 0 Å². The van der Waals surface area contributed by atoms with Crippen LogP contribution >= 0.6 is 0 Å². The minimum absolute atomic E-state index is 0.926. The molecule has 0 aliphatic heterocycles. The monoisotopic (exact) mass is 357 g/mol. The Hall–Kier alpha value is -2.28. The van der Waals surface area contributed by atoms with Crippen molar-refractivity contribution in [2.45, 2.75) is 64.7 Å². The van der Waals surface area contributed by atoms with Crippen molar-refractivity contribution in [2.24, 2.45) is 0 Å². The average Bonchev–Trinajstić information content (AvgIpc) is 2.69. The number of aryl methyl sites for hydroxylation is 1. The maximum absolute atomic E-state index is 6.47. The van der Waals surface area contributed by atoms with Gasteiger partial charge in [-0.05, 0) is 51.4 Å². The second kappa shape index (κ2) is 8.17. The molecule has 0 radical (unpaired) electrons. The predicted octanol–water partition coefficient (Wildman–Crippen LogP) is 7.85. The van der Waals surface area contributed by atoms with Gasteiger partial charge in [-0.1, -0.05) is 94.3 Å². The molecule has 0 amide bonds. The molecule has 0 atom stereocenters. The van der Waals surface area contributed by atoms with Gasteiger partial charge in [0.15, 0.2) is 0 Å². The largest absolute Gasteiger partial charge is 0.398 e. The smallest absolute Gasteiger partial charge is 0.0397 e. The Morgan fingerprint density at radius 3 is 2.04 bits per heavy atom. The van der Waals surface area contributed by atoms with Gasteiger partial charge in [0.1, 0.15) is 0 Å². The summed E-state index contributed by atoms with van der Waals surface area (Å²) in [6.45, 7) is 2.28. The molecule has 0 aliphatic rings. The highest BCUT2D eigenvalue weighted by atomic mass is 14.6. The summed E-state index contributed by atoms with van der Waals surface area (Å²) in [7, 11) is 0. The highest BCUT2D eigenvalue weighted by molar-refractivity contribution is 6.25. The third-order valence-electron chi connectivity index (χ3n) is 6.04. The summed E-state index contributed by atoms with van der Waals surface area (Å²) in [6.07, 6.45) is 12.0. The molecule has 0 saturated carbocycles. The number of hydrogen-bond acceptors (Lipinski definition) is 1. The molecule has 27 heavy (non-hydrogen) atoms. The number of benzene rings is 4. The lowest BCUT2D eigenvalue weighted by molar-refractivity contribution is 0.576. The molecular weight excluding hydrogens is 326 g/mol. The molecule has 4 rings (SSSR count). The van der Waals surface area contributed by atoms with Gasteiger partial charge in [0.2, 0.25) is 0 Å². The Morgan fingerprint density at radius 1 is 0.630 bits per heavy atom. The van der Waals surface area contributed by atoms with E-state index in [0.29, 0.717) is 0 Å². The zero-order valence-electron chi connectivity index (χ0n) is 16.6. The Balaban J connectivity index is 1.57. The van der Waals surface area contributed by atoms with Crippen molar-refractivity contribution >= 4 is 38.0 Å². The number of nitrogen functional groups attached to an aromatic ring is 1. The highest BCUT2D eigenvalue weighted by Crippen LogP contribution is 2.39.